The second kappa shape index (κ2) is 7.92. The fourth-order valence-corrected chi connectivity index (χ4v) is 3.34. The second-order valence-corrected chi connectivity index (χ2v) is 6.54. The second-order valence-electron chi connectivity index (χ2n) is 6.54. The number of hydrogen-bond donors (Lipinski definition) is 0. The Morgan fingerprint density at radius 2 is 1.77 bits per heavy atom. The Balaban J connectivity index is 1.36. The third-order valence-electron chi connectivity index (χ3n) is 4.87. The van der Waals surface area contributed by atoms with Crippen LogP contribution in [0.3, 0.4) is 0 Å². The lowest BCUT2D eigenvalue weighted by Gasteiger charge is -2.35. The molecule has 2 aromatic heterocycles. The molecule has 26 heavy (non-hydrogen) atoms. The molecule has 4 heterocycles. The summed E-state index contributed by atoms with van der Waals surface area (Å²) in [4.78, 5) is 19.7. The average Bonchev–Trinajstić information content (AvgIpc) is 2.71. The number of morpholine rings is 1. The van der Waals surface area contributed by atoms with Crippen molar-refractivity contribution in [3.8, 4) is 0 Å². The molecule has 0 spiro atoms. The number of pyridine rings is 1. The standard InChI is InChI=1S/C18H23FN6O/c19-16-13-20-3-1-15(16)14-23-5-7-25(8-6-23)18-21-4-2-17(22-18)24-9-11-26-12-10-24/h1-4,13H,5-12,14H2. The summed E-state index contributed by atoms with van der Waals surface area (Å²) in [5.74, 6) is 1.49. The summed E-state index contributed by atoms with van der Waals surface area (Å²) in [5, 5.41) is 0. The first-order chi connectivity index (χ1) is 12.8. The zero-order valence-corrected chi connectivity index (χ0v) is 14.7. The minimum Gasteiger partial charge on any atom is -0.378 e. The summed E-state index contributed by atoms with van der Waals surface area (Å²) >= 11 is 0. The highest BCUT2D eigenvalue weighted by atomic mass is 19.1. The number of nitrogens with zero attached hydrogens (tertiary/aromatic N) is 6. The van der Waals surface area contributed by atoms with Crippen LogP contribution >= 0.6 is 0 Å². The maximum Gasteiger partial charge on any atom is 0.227 e. The number of piperazine rings is 1. The van der Waals surface area contributed by atoms with Gasteiger partial charge in [0.15, 0.2) is 0 Å². The van der Waals surface area contributed by atoms with Crippen molar-refractivity contribution in [1.29, 1.82) is 0 Å². The summed E-state index contributed by atoms with van der Waals surface area (Å²) < 4.78 is 19.2. The third kappa shape index (κ3) is 3.91. The maximum absolute atomic E-state index is 13.8. The van der Waals surface area contributed by atoms with E-state index in [9.17, 15) is 4.39 Å². The van der Waals surface area contributed by atoms with Crippen LogP contribution in [0, 0.1) is 5.82 Å². The molecule has 7 nitrogen and oxygen atoms in total. The van der Waals surface area contributed by atoms with E-state index in [1.165, 1.54) is 6.20 Å². The number of anilines is 2. The molecule has 0 radical (unpaired) electrons. The molecule has 8 heteroatoms. The van der Waals surface area contributed by atoms with Gasteiger partial charge >= 0.3 is 0 Å². The lowest BCUT2D eigenvalue weighted by molar-refractivity contribution is 0.122. The molecule has 0 aromatic carbocycles. The molecular weight excluding hydrogens is 335 g/mol. The third-order valence-corrected chi connectivity index (χ3v) is 4.87. The van der Waals surface area contributed by atoms with Gasteiger partial charge in [0.2, 0.25) is 5.95 Å². The number of hydrogen-bond acceptors (Lipinski definition) is 7. The van der Waals surface area contributed by atoms with Crippen LogP contribution in [0.1, 0.15) is 5.56 Å². The first-order valence-electron chi connectivity index (χ1n) is 9.01. The topological polar surface area (TPSA) is 57.6 Å². The molecule has 0 bridgehead atoms. The minimum absolute atomic E-state index is 0.239. The molecule has 0 amide bonds. The highest BCUT2D eigenvalue weighted by Gasteiger charge is 2.21. The smallest absolute Gasteiger partial charge is 0.227 e. The molecule has 2 aliphatic heterocycles. The van der Waals surface area contributed by atoms with Crippen LogP contribution in [0.4, 0.5) is 16.2 Å². The molecule has 138 valence electrons. The van der Waals surface area contributed by atoms with Gasteiger partial charge in [0, 0.05) is 63.8 Å². The highest BCUT2D eigenvalue weighted by Crippen LogP contribution is 2.18. The van der Waals surface area contributed by atoms with E-state index in [2.05, 4.69) is 24.7 Å². The van der Waals surface area contributed by atoms with E-state index in [0.29, 0.717) is 12.1 Å². The van der Waals surface area contributed by atoms with Gasteiger partial charge in [-0.3, -0.25) is 9.88 Å². The van der Waals surface area contributed by atoms with Crippen molar-refractivity contribution in [1.82, 2.24) is 19.9 Å². The van der Waals surface area contributed by atoms with E-state index >= 15 is 0 Å². The van der Waals surface area contributed by atoms with Gasteiger partial charge in [-0.05, 0) is 12.1 Å². The monoisotopic (exact) mass is 358 g/mol. The van der Waals surface area contributed by atoms with Crippen LogP contribution in [-0.2, 0) is 11.3 Å². The number of rotatable bonds is 4. The largest absolute Gasteiger partial charge is 0.378 e. The Morgan fingerprint density at radius 1 is 0.962 bits per heavy atom. The van der Waals surface area contributed by atoms with Crippen molar-refractivity contribution in [2.45, 2.75) is 6.54 Å². The number of ether oxygens (including phenoxy) is 1. The maximum atomic E-state index is 13.8. The van der Waals surface area contributed by atoms with E-state index in [0.717, 1.165) is 64.2 Å². The van der Waals surface area contributed by atoms with Gasteiger partial charge < -0.3 is 14.5 Å². The Bertz CT molecular complexity index is 731. The summed E-state index contributed by atoms with van der Waals surface area (Å²) in [5.41, 5.74) is 0.694. The zero-order chi connectivity index (χ0) is 17.8. The van der Waals surface area contributed by atoms with Gasteiger partial charge in [0.25, 0.3) is 0 Å². The van der Waals surface area contributed by atoms with Crippen LogP contribution in [0.15, 0.2) is 30.7 Å². The molecule has 2 saturated heterocycles. The van der Waals surface area contributed by atoms with Gasteiger partial charge in [-0.1, -0.05) is 0 Å². The Kier molecular flexibility index (Phi) is 5.21. The summed E-state index contributed by atoms with van der Waals surface area (Å²) in [6.07, 6.45) is 4.74. The molecule has 4 rings (SSSR count). The van der Waals surface area contributed by atoms with Crippen LogP contribution in [0.5, 0.6) is 0 Å². The van der Waals surface area contributed by atoms with Crippen molar-refractivity contribution in [2.24, 2.45) is 0 Å². The first kappa shape index (κ1) is 17.1. The van der Waals surface area contributed by atoms with Crippen LogP contribution in [0.25, 0.3) is 0 Å². The normalized spacial score (nSPS) is 19.0. The van der Waals surface area contributed by atoms with Crippen molar-refractivity contribution < 1.29 is 9.13 Å². The molecular formula is C18H23FN6O. The number of aromatic nitrogens is 3. The summed E-state index contributed by atoms with van der Waals surface area (Å²) in [7, 11) is 0. The van der Waals surface area contributed by atoms with Crippen molar-refractivity contribution >= 4 is 11.8 Å². The van der Waals surface area contributed by atoms with E-state index in [1.807, 2.05) is 12.3 Å². The van der Waals surface area contributed by atoms with Gasteiger partial charge in [-0.2, -0.15) is 4.98 Å². The predicted octanol–water partition coefficient (Wildman–Crippen LogP) is 1.17. The van der Waals surface area contributed by atoms with Gasteiger partial charge in [-0.25, -0.2) is 9.37 Å². The van der Waals surface area contributed by atoms with E-state index in [4.69, 9.17) is 9.72 Å². The van der Waals surface area contributed by atoms with Crippen LogP contribution in [0.2, 0.25) is 0 Å². The molecule has 0 N–H and O–H groups in total. The van der Waals surface area contributed by atoms with Crippen molar-refractivity contribution in [3.63, 3.8) is 0 Å². The first-order valence-corrected chi connectivity index (χ1v) is 9.01. The van der Waals surface area contributed by atoms with Gasteiger partial charge in [-0.15, -0.1) is 0 Å². The molecule has 2 aliphatic rings. The lowest BCUT2D eigenvalue weighted by Crippen LogP contribution is -2.46. The SMILES string of the molecule is Fc1cnccc1CN1CCN(c2nccc(N3CCOCC3)n2)CC1. The Labute approximate surface area is 152 Å². The molecule has 2 fully saturated rings. The Morgan fingerprint density at radius 3 is 2.54 bits per heavy atom. The highest BCUT2D eigenvalue weighted by molar-refractivity contribution is 5.44. The van der Waals surface area contributed by atoms with E-state index in [1.54, 1.807) is 12.3 Å². The zero-order valence-electron chi connectivity index (χ0n) is 14.7. The van der Waals surface area contributed by atoms with Gasteiger partial charge in [0.1, 0.15) is 11.6 Å². The summed E-state index contributed by atoms with van der Waals surface area (Å²) in [6, 6.07) is 3.70. The van der Waals surface area contributed by atoms with Crippen LogP contribution < -0.4 is 9.80 Å². The average molecular weight is 358 g/mol. The number of halogens is 1. The minimum atomic E-state index is -0.239. The Hall–Kier alpha value is -2.32. The molecule has 0 saturated carbocycles. The molecule has 0 unspecified atom stereocenters. The predicted molar refractivity (Wildman–Crippen MR) is 96.7 cm³/mol. The van der Waals surface area contributed by atoms with Crippen LogP contribution in [-0.4, -0.2) is 72.3 Å². The quantitative estimate of drug-likeness (QED) is 0.813. The molecule has 2 aromatic rings. The fraction of sp³-hybridized carbons (Fsp3) is 0.500. The van der Waals surface area contributed by atoms with E-state index < -0.39 is 0 Å². The molecule has 0 aliphatic carbocycles. The van der Waals surface area contributed by atoms with Crippen molar-refractivity contribution in [2.75, 3.05) is 62.3 Å². The summed E-state index contributed by atoms with van der Waals surface area (Å²) in [6.45, 7) is 7.19. The van der Waals surface area contributed by atoms with E-state index in [-0.39, 0.29) is 5.82 Å². The molecule has 0 atom stereocenters. The lowest BCUT2D eigenvalue weighted by atomic mass is 10.2. The fourth-order valence-electron chi connectivity index (χ4n) is 3.34. The van der Waals surface area contributed by atoms with Crippen molar-refractivity contribution in [3.05, 3.63) is 42.1 Å². The van der Waals surface area contributed by atoms with Gasteiger partial charge in [0.05, 0.1) is 19.4 Å².